The Bertz CT molecular complexity index is 535. The summed E-state index contributed by atoms with van der Waals surface area (Å²) in [7, 11) is 1.74. The molecule has 0 atom stereocenters. The van der Waals surface area contributed by atoms with Crippen molar-refractivity contribution in [3.8, 4) is 0 Å². The zero-order valence-electron chi connectivity index (χ0n) is 11.4. The first kappa shape index (κ1) is 14.5. The second-order valence-corrected chi connectivity index (χ2v) is 5.34. The number of nitrogens with zero attached hydrogens (tertiary/aromatic N) is 1. The van der Waals surface area contributed by atoms with Gasteiger partial charge in [-0.2, -0.15) is 0 Å². The predicted octanol–water partition coefficient (Wildman–Crippen LogP) is 2.79. The number of aliphatic imine (C=N–C) groups is 1. The van der Waals surface area contributed by atoms with Crippen LogP contribution in [0.5, 0.6) is 0 Å². The van der Waals surface area contributed by atoms with Crippen LogP contribution >= 0.6 is 11.3 Å². The molecular formula is C15H18FN3S. The van der Waals surface area contributed by atoms with Gasteiger partial charge in [0.2, 0.25) is 0 Å². The van der Waals surface area contributed by atoms with E-state index in [9.17, 15) is 4.39 Å². The first-order valence-electron chi connectivity index (χ1n) is 6.49. The molecule has 2 N–H and O–H groups in total. The van der Waals surface area contributed by atoms with Crippen LogP contribution in [0.4, 0.5) is 4.39 Å². The Morgan fingerprint density at radius 2 is 2.00 bits per heavy atom. The van der Waals surface area contributed by atoms with Crippen LogP contribution in [0.3, 0.4) is 0 Å². The van der Waals surface area contributed by atoms with Crippen molar-refractivity contribution in [3.05, 3.63) is 58.0 Å². The molecule has 3 nitrogen and oxygen atoms in total. The Labute approximate surface area is 122 Å². The molecule has 2 aromatic rings. The smallest absolute Gasteiger partial charge is 0.191 e. The molecule has 0 aliphatic heterocycles. The molecule has 2 rings (SSSR count). The van der Waals surface area contributed by atoms with Gasteiger partial charge in [0.15, 0.2) is 5.96 Å². The highest BCUT2D eigenvalue weighted by molar-refractivity contribution is 7.09. The topological polar surface area (TPSA) is 36.4 Å². The molecule has 0 fully saturated rings. The molecule has 5 heteroatoms. The largest absolute Gasteiger partial charge is 0.356 e. The summed E-state index contributed by atoms with van der Waals surface area (Å²) in [6.45, 7) is 1.46. The van der Waals surface area contributed by atoms with Crippen molar-refractivity contribution in [2.45, 2.75) is 13.0 Å². The van der Waals surface area contributed by atoms with Crippen LogP contribution in [0, 0.1) is 5.82 Å². The average molecular weight is 291 g/mol. The van der Waals surface area contributed by atoms with Gasteiger partial charge in [0.05, 0.1) is 0 Å². The standard InChI is InChI=1S/C15H18FN3S/c1-17-15(18-9-8-14-3-2-10-20-14)19-11-12-4-6-13(16)7-5-12/h2-7,10H,8-9,11H2,1H3,(H2,17,18,19). The van der Waals surface area contributed by atoms with Gasteiger partial charge in [0.1, 0.15) is 5.82 Å². The number of guanidine groups is 1. The molecular weight excluding hydrogens is 273 g/mol. The Morgan fingerprint density at radius 3 is 2.65 bits per heavy atom. The first-order valence-corrected chi connectivity index (χ1v) is 7.37. The summed E-state index contributed by atoms with van der Waals surface area (Å²) in [6, 6.07) is 10.6. The fourth-order valence-electron chi connectivity index (χ4n) is 1.77. The molecule has 0 aliphatic carbocycles. The Hall–Kier alpha value is -1.88. The third-order valence-corrected chi connectivity index (χ3v) is 3.78. The van der Waals surface area contributed by atoms with Crippen molar-refractivity contribution >= 4 is 17.3 Å². The van der Waals surface area contributed by atoms with Crippen molar-refractivity contribution < 1.29 is 4.39 Å². The first-order chi connectivity index (χ1) is 9.78. The number of benzene rings is 1. The molecule has 0 saturated heterocycles. The molecule has 0 bridgehead atoms. The number of thiophene rings is 1. The minimum Gasteiger partial charge on any atom is -0.356 e. The van der Waals surface area contributed by atoms with E-state index in [0.717, 1.165) is 24.5 Å². The molecule has 0 saturated carbocycles. The monoisotopic (exact) mass is 291 g/mol. The third kappa shape index (κ3) is 4.66. The summed E-state index contributed by atoms with van der Waals surface area (Å²) < 4.78 is 12.8. The lowest BCUT2D eigenvalue weighted by molar-refractivity contribution is 0.626. The number of hydrogen-bond acceptors (Lipinski definition) is 2. The van der Waals surface area contributed by atoms with Crippen LogP contribution in [0.1, 0.15) is 10.4 Å². The lowest BCUT2D eigenvalue weighted by atomic mass is 10.2. The van der Waals surface area contributed by atoms with Gasteiger partial charge < -0.3 is 10.6 Å². The minimum absolute atomic E-state index is 0.216. The molecule has 20 heavy (non-hydrogen) atoms. The second kappa shape index (κ2) is 7.65. The van der Waals surface area contributed by atoms with E-state index < -0.39 is 0 Å². The fourth-order valence-corrected chi connectivity index (χ4v) is 2.48. The Morgan fingerprint density at radius 1 is 1.20 bits per heavy atom. The summed E-state index contributed by atoms with van der Waals surface area (Å²) >= 11 is 1.76. The van der Waals surface area contributed by atoms with E-state index >= 15 is 0 Å². The molecule has 1 aromatic heterocycles. The van der Waals surface area contributed by atoms with Gasteiger partial charge in [-0.15, -0.1) is 11.3 Å². The molecule has 0 spiro atoms. The lowest BCUT2D eigenvalue weighted by Gasteiger charge is -2.11. The summed E-state index contributed by atoms with van der Waals surface area (Å²) in [5.74, 6) is 0.540. The molecule has 0 amide bonds. The SMILES string of the molecule is CN=C(NCCc1cccs1)NCc1ccc(F)cc1. The predicted molar refractivity (Wildman–Crippen MR) is 82.6 cm³/mol. The fraction of sp³-hybridized carbons (Fsp3) is 0.267. The lowest BCUT2D eigenvalue weighted by Crippen LogP contribution is -2.37. The number of halogens is 1. The molecule has 0 radical (unpaired) electrons. The van der Waals surface area contributed by atoms with E-state index in [4.69, 9.17) is 0 Å². The number of nitrogens with one attached hydrogen (secondary N) is 2. The van der Waals surface area contributed by atoms with E-state index in [1.165, 1.54) is 17.0 Å². The summed E-state index contributed by atoms with van der Waals surface area (Å²) in [6.07, 6.45) is 0.981. The third-order valence-electron chi connectivity index (χ3n) is 2.84. The van der Waals surface area contributed by atoms with Gasteiger partial charge in [-0.3, -0.25) is 4.99 Å². The van der Waals surface area contributed by atoms with E-state index in [1.807, 2.05) is 0 Å². The van der Waals surface area contributed by atoms with Crippen LogP contribution in [-0.4, -0.2) is 19.6 Å². The maximum atomic E-state index is 12.8. The zero-order chi connectivity index (χ0) is 14.2. The average Bonchev–Trinajstić information content (AvgIpc) is 2.97. The Balaban J connectivity index is 1.73. The number of rotatable bonds is 5. The van der Waals surface area contributed by atoms with Crippen LogP contribution in [0.2, 0.25) is 0 Å². The highest BCUT2D eigenvalue weighted by atomic mass is 32.1. The zero-order valence-corrected chi connectivity index (χ0v) is 12.2. The normalized spacial score (nSPS) is 11.4. The maximum absolute atomic E-state index is 12.8. The molecule has 0 aliphatic rings. The van der Waals surface area contributed by atoms with E-state index in [2.05, 4.69) is 33.1 Å². The van der Waals surface area contributed by atoms with E-state index in [1.54, 1.807) is 30.5 Å². The van der Waals surface area contributed by atoms with Gasteiger partial charge in [-0.25, -0.2) is 4.39 Å². The molecule has 1 aromatic carbocycles. The van der Waals surface area contributed by atoms with Gasteiger partial charge in [-0.05, 0) is 35.6 Å². The summed E-state index contributed by atoms with van der Waals surface area (Å²) in [5.41, 5.74) is 1.02. The molecule has 1 heterocycles. The minimum atomic E-state index is -0.216. The van der Waals surface area contributed by atoms with E-state index in [0.29, 0.717) is 6.54 Å². The van der Waals surface area contributed by atoms with Crippen molar-refractivity contribution in [1.29, 1.82) is 0 Å². The van der Waals surface area contributed by atoms with Crippen molar-refractivity contribution in [2.24, 2.45) is 4.99 Å². The van der Waals surface area contributed by atoms with Crippen molar-refractivity contribution in [1.82, 2.24) is 10.6 Å². The molecule has 0 unspecified atom stereocenters. The van der Waals surface area contributed by atoms with Gasteiger partial charge >= 0.3 is 0 Å². The van der Waals surface area contributed by atoms with Crippen LogP contribution in [0.25, 0.3) is 0 Å². The Kier molecular flexibility index (Phi) is 5.55. The number of hydrogen-bond donors (Lipinski definition) is 2. The van der Waals surface area contributed by atoms with Crippen LogP contribution < -0.4 is 10.6 Å². The maximum Gasteiger partial charge on any atom is 0.191 e. The van der Waals surface area contributed by atoms with Gasteiger partial charge in [-0.1, -0.05) is 18.2 Å². The van der Waals surface area contributed by atoms with Gasteiger partial charge in [0.25, 0.3) is 0 Å². The van der Waals surface area contributed by atoms with Crippen molar-refractivity contribution in [2.75, 3.05) is 13.6 Å². The summed E-state index contributed by atoms with van der Waals surface area (Å²) in [4.78, 5) is 5.52. The van der Waals surface area contributed by atoms with Gasteiger partial charge in [0, 0.05) is 25.0 Å². The molecule has 106 valence electrons. The van der Waals surface area contributed by atoms with Crippen LogP contribution in [0.15, 0.2) is 46.8 Å². The highest BCUT2D eigenvalue weighted by Gasteiger charge is 1.99. The highest BCUT2D eigenvalue weighted by Crippen LogP contribution is 2.08. The van der Waals surface area contributed by atoms with Crippen molar-refractivity contribution in [3.63, 3.8) is 0 Å². The van der Waals surface area contributed by atoms with E-state index in [-0.39, 0.29) is 5.82 Å². The van der Waals surface area contributed by atoms with Crippen LogP contribution in [-0.2, 0) is 13.0 Å². The quantitative estimate of drug-likeness (QED) is 0.656. The second-order valence-electron chi connectivity index (χ2n) is 4.31. The summed E-state index contributed by atoms with van der Waals surface area (Å²) in [5, 5.41) is 8.55.